The Labute approximate surface area is 127 Å². The first kappa shape index (κ1) is 15.7. The second-order valence-corrected chi connectivity index (χ2v) is 7.12. The highest BCUT2D eigenvalue weighted by Gasteiger charge is 2.31. The van der Waals surface area contributed by atoms with Crippen LogP contribution in [0.2, 0.25) is 0 Å². The molecule has 1 aromatic rings. The number of aromatic hydroxyl groups is 1. The molecule has 1 aromatic carbocycles. The zero-order valence-corrected chi connectivity index (χ0v) is 13.5. The van der Waals surface area contributed by atoms with E-state index < -0.39 is 0 Å². The average Bonchev–Trinajstić information content (AvgIpc) is 2.50. The second kappa shape index (κ2) is 7.37. The smallest absolute Gasteiger partial charge is 0.120 e. The molecule has 2 N–H and O–H groups in total. The Bertz CT molecular complexity index is 415. The Kier molecular flexibility index (Phi) is 5.79. The average molecular weight is 293 g/mol. The largest absolute Gasteiger partial charge is 0.508 e. The van der Waals surface area contributed by atoms with Crippen LogP contribution in [0.15, 0.2) is 24.3 Å². The maximum absolute atomic E-state index is 10.0. The molecule has 0 spiro atoms. The summed E-state index contributed by atoms with van der Waals surface area (Å²) >= 11 is 2.02. The van der Waals surface area contributed by atoms with Crippen LogP contribution in [0.1, 0.15) is 57.1 Å². The normalized spacial score (nSPS) is 19.7. The van der Waals surface area contributed by atoms with Crippen LogP contribution in [-0.2, 0) is 0 Å². The molecule has 2 rings (SSSR count). The predicted molar refractivity (Wildman–Crippen MR) is 88.5 cm³/mol. The molecule has 0 bridgehead atoms. The zero-order chi connectivity index (χ0) is 14.4. The topological polar surface area (TPSA) is 32.3 Å². The molecule has 1 fully saturated rings. The summed E-state index contributed by atoms with van der Waals surface area (Å²) in [6.07, 6.45) is 9.98. The molecule has 0 aromatic heterocycles. The maximum atomic E-state index is 10.0. The number of benzene rings is 1. The quantitative estimate of drug-likeness (QED) is 0.810. The Morgan fingerprint density at radius 3 is 2.55 bits per heavy atom. The Morgan fingerprint density at radius 2 is 1.95 bits per heavy atom. The van der Waals surface area contributed by atoms with E-state index in [0.29, 0.717) is 10.5 Å². The van der Waals surface area contributed by atoms with E-state index in [9.17, 15) is 5.11 Å². The summed E-state index contributed by atoms with van der Waals surface area (Å²) in [5, 5.41) is 13.7. The SMILES string of the molecule is CCC(NCC1(SC)CCCCC1)c1ccccc1O. The van der Waals surface area contributed by atoms with E-state index in [2.05, 4.69) is 18.5 Å². The lowest BCUT2D eigenvalue weighted by Gasteiger charge is -2.37. The van der Waals surface area contributed by atoms with Crippen molar-refractivity contribution < 1.29 is 5.11 Å². The summed E-state index contributed by atoms with van der Waals surface area (Å²) in [7, 11) is 0. The van der Waals surface area contributed by atoms with Gasteiger partial charge in [-0.3, -0.25) is 0 Å². The van der Waals surface area contributed by atoms with Gasteiger partial charge in [-0.2, -0.15) is 11.8 Å². The van der Waals surface area contributed by atoms with Crippen molar-refractivity contribution in [2.24, 2.45) is 0 Å². The summed E-state index contributed by atoms with van der Waals surface area (Å²) in [5.74, 6) is 0.411. The third kappa shape index (κ3) is 3.70. The van der Waals surface area contributed by atoms with Crippen LogP contribution < -0.4 is 5.32 Å². The molecule has 0 radical (unpaired) electrons. The molecule has 0 heterocycles. The minimum Gasteiger partial charge on any atom is -0.508 e. The fourth-order valence-electron chi connectivity index (χ4n) is 3.21. The highest BCUT2D eigenvalue weighted by Crippen LogP contribution is 2.38. The van der Waals surface area contributed by atoms with Gasteiger partial charge >= 0.3 is 0 Å². The summed E-state index contributed by atoms with van der Waals surface area (Å²) in [4.78, 5) is 0. The molecule has 0 aliphatic heterocycles. The highest BCUT2D eigenvalue weighted by molar-refractivity contribution is 8.00. The number of hydrogen-bond donors (Lipinski definition) is 2. The molecule has 112 valence electrons. The fourth-order valence-corrected chi connectivity index (χ4v) is 4.14. The van der Waals surface area contributed by atoms with Crippen LogP contribution in [0.25, 0.3) is 0 Å². The van der Waals surface area contributed by atoms with Gasteiger partial charge in [0.2, 0.25) is 0 Å². The maximum Gasteiger partial charge on any atom is 0.120 e. The van der Waals surface area contributed by atoms with Crippen LogP contribution in [0.4, 0.5) is 0 Å². The lowest BCUT2D eigenvalue weighted by molar-refractivity contribution is 0.356. The molecule has 1 saturated carbocycles. The van der Waals surface area contributed by atoms with Crippen LogP contribution in [0.3, 0.4) is 0 Å². The minimum absolute atomic E-state index is 0.252. The monoisotopic (exact) mass is 293 g/mol. The summed E-state index contributed by atoms with van der Waals surface area (Å²) < 4.78 is 0.399. The van der Waals surface area contributed by atoms with Crippen molar-refractivity contribution in [1.82, 2.24) is 5.32 Å². The van der Waals surface area contributed by atoms with Crippen LogP contribution in [0, 0.1) is 0 Å². The van der Waals surface area contributed by atoms with Crippen molar-refractivity contribution in [3.63, 3.8) is 0 Å². The molecule has 20 heavy (non-hydrogen) atoms. The van der Waals surface area contributed by atoms with E-state index in [-0.39, 0.29) is 6.04 Å². The van der Waals surface area contributed by atoms with Crippen molar-refractivity contribution >= 4 is 11.8 Å². The third-order valence-corrected chi connectivity index (χ3v) is 6.01. The first-order chi connectivity index (χ1) is 9.71. The van der Waals surface area contributed by atoms with Crippen molar-refractivity contribution in [3.8, 4) is 5.75 Å². The number of rotatable bonds is 6. The minimum atomic E-state index is 0.252. The predicted octanol–water partition coefficient (Wildman–Crippen LogP) is 4.50. The molecular weight excluding hydrogens is 266 g/mol. The van der Waals surface area contributed by atoms with Gasteiger partial charge in [0, 0.05) is 22.9 Å². The molecule has 1 atom stereocenters. The van der Waals surface area contributed by atoms with E-state index in [4.69, 9.17) is 0 Å². The van der Waals surface area contributed by atoms with E-state index in [1.54, 1.807) is 6.07 Å². The first-order valence-electron chi connectivity index (χ1n) is 7.77. The van der Waals surface area contributed by atoms with Gasteiger partial charge in [0.05, 0.1) is 0 Å². The lowest BCUT2D eigenvalue weighted by Crippen LogP contribution is -2.40. The van der Waals surface area contributed by atoms with Crippen molar-refractivity contribution in [1.29, 1.82) is 0 Å². The van der Waals surface area contributed by atoms with Gasteiger partial charge in [-0.15, -0.1) is 0 Å². The molecule has 1 unspecified atom stereocenters. The second-order valence-electron chi connectivity index (χ2n) is 5.85. The molecule has 0 amide bonds. The van der Waals surface area contributed by atoms with Crippen molar-refractivity contribution in [2.45, 2.75) is 56.2 Å². The number of hydrogen-bond acceptors (Lipinski definition) is 3. The first-order valence-corrected chi connectivity index (χ1v) is 8.99. The summed E-state index contributed by atoms with van der Waals surface area (Å²) in [5.41, 5.74) is 1.03. The van der Waals surface area contributed by atoms with E-state index in [1.807, 2.05) is 30.0 Å². The molecule has 1 aliphatic carbocycles. The van der Waals surface area contributed by atoms with Gasteiger partial charge in [0.1, 0.15) is 5.75 Å². The van der Waals surface area contributed by atoms with Gasteiger partial charge < -0.3 is 10.4 Å². The lowest BCUT2D eigenvalue weighted by atomic mass is 9.87. The van der Waals surface area contributed by atoms with Gasteiger partial charge in [-0.05, 0) is 31.6 Å². The standard InChI is InChI=1S/C17H27NOS/c1-3-15(14-9-5-6-10-16(14)19)18-13-17(20-2)11-7-4-8-12-17/h5-6,9-10,15,18-19H,3-4,7-8,11-13H2,1-2H3. The van der Waals surface area contributed by atoms with E-state index in [1.165, 1.54) is 32.1 Å². The summed E-state index contributed by atoms with van der Waals surface area (Å²) in [6, 6.07) is 7.95. The van der Waals surface area contributed by atoms with Crippen molar-refractivity contribution in [3.05, 3.63) is 29.8 Å². The number of para-hydroxylation sites is 1. The van der Waals surface area contributed by atoms with Gasteiger partial charge in [0.15, 0.2) is 0 Å². The Hall–Kier alpha value is -0.670. The molecule has 2 nitrogen and oxygen atoms in total. The van der Waals surface area contributed by atoms with E-state index >= 15 is 0 Å². The Balaban J connectivity index is 2.01. The van der Waals surface area contributed by atoms with Crippen LogP contribution >= 0.6 is 11.8 Å². The number of nitrogens with one attached hydrogen (secondary N) is 1. The van der Waals surface area contributed by atoms with E-state index in [0.717, 1.165) is 18.5 Å². The van der Waals surface area contributed by atoms with Gasteiger partial charge in [-0.25, -0.2) is 0 Å². The highest BCUT2D eigenvalue weighted by atomic mass is 32.2. The number of thioether (sulfide) groups is 1. The molecular formula is C17H27NOS. The van der Waals surface area contributed by atoms with Crippen LogP contribution in [0.5, 0.6) is 5.75 Å². The fraction of sp³-hybridized carbons (Fsp3) is 0.647. The molecule has 1 aliphatic rings. The van der Waals surface area contributed by atoms with Crippen molar-refractivity contribution in [2.75, 3.05) is 12.8 Å². The number of phenols is 1. The van der Waals surface area contributed by atoms with Gasteiger partial charge in [0.25, 0.3) is 0 Å². The van der Waals surface area contributed by atoms with Crippen LogP contribution in [-0.4, -0.2) is 22.7 Å². The summed E-state index contributed by atoms with van der Waals surface area (Å²) in [6.45, 7) is 3.22. The number of phenolic OH excluding ortho intramolecular Hbond substituents is 1. The Morgan fingerprint density at radius 1 is 1.25 bits per heavy atom. The third-order valence-electron chi connectivity index (χ3n) is 4.59. The van der Waals surface area contributed by atoms with Gasteiger partial charge in [-0.1, -0.05) is 44.4 Å². The molecule has 0 saturated heterocycles. The zero-order valence-electron chi connectivity index (χ0n) is 12.7. The molecule has 3 heteroatoms.